The lowest BCUT2D eigenvalue weighted by Gasteiger charge is -2.15. The maximum atomic E-state index is 9.65. The molecule has 3 heteroatoms. The summed E-state index contributed by atoms with van der Waals surface area (Å²) in [4.78, 5) is 2.13. The molecule has 0 fully saturated rings. The fraction of sp³-hybridized carbons (Fsp3) is 0.571. The molecule has 0 aliphatic heterocycles. The maximum Gasteiger partial charge on any atom is 0.125 e. The van der Waals surface area contributed by atoms with Crippen molar-refractivity contribution in [1.82, 2.24) is 4.90 Å². The number of ether oxygens (including phenoxy) is 1. The molecular formula is C14H23NO2. The van der Waals surface area contributed by atoms with E-state index in [0.29, 0.717) is 6.61 Å². The third kappa shape index (κ3) is 4.75. The molecule has 0 heterocycles. The van der Waals surface area contributed by atoms with Gasteiger partial charge in [-0.25, -0.2) is 0 Å². The lowest BCUT2D eigenvalue weighted by molar-refractivity contribution is 0.190. The van der Waals surface area contributed by atoms with Crippen LogP contribution < -0.4 is 4.74 Å². The number of benzene rings is 1. The van der Waals surface area contributed by atoms with Gasteiger partial charge < -0.3 is 14.7 Å². The quantitative estimate of drug-likeness (QED) is 0.771. The van der Waals surface area contributed by atoms with Crippen LogP contribution in [-0.2, 0) is 0 Å². The van der Waals surface area contributed by atoms with Gasteiger partial charge in [-0.2, -0.15) is 0 Å². The third-order valence-electron chi connectivity index (χ3n) is 2.63. The summed E-state index contributed by atoms with van der Waals surface area (Å²) in [5, 5.41) is 9.65. The van der Waals surface area contributed by atoms with E-state index in [9.17, 15) is 5.11 Å². The smallest absolute Gasteiger partial charge is 0.125 e. The van der Waals surface area contributed by atoms with Crippen molar-refractivity contribution in [2.75, 3.05) is 27.2 Å². The minimum absolute atomic E-state index is 0.487. The number of nitrogens with zero attached hydrogens (tertiary/aromatic N) is 1. The Hall–Kier alpha value is -1.06. The molecule has 3 nitrogen and oxygen atoms in total. The predicted molar refractivity (Wildman–Crippen MR) is 70.5 cm³/mol. The predicted octanol–water partition coefficient (Wildman–Crippen LogP) is 2.38. The summed E-state index contributed by atoms with van der Waals surface area (Å²) in [7, 11) is 4.10. The normalized spacial score (nSPS) is 12.8. The van der Waals surface area contributed by atoms with Crippen molar-refractivity contribution in [2.45, 2.75) is 26.4 Å². The van der Waals surface area contributed by atoms with Gasteiger partial charge in [0.25, 0.3) is 0 Å². The summed E-state index contributed by atoms with van der Waals surface area (Å²) >= 11 is 0. The molecular weight excluding hydrogens is 214 g/mol. The Balaban J connectivity index is 2.59. The minimum atomic E-state index is -0.487. The largest absolute Gasteiger partial charge is 0.493 e. The lowest BCUT2D eigenvalue weighted by Crippen LogP contribution is -2.15. The zero-order valence-electron chi connectivity index (χ0n) is 11.2. The van der Waals surface area contributed by atoms with E-state index >= 15 is 0 Å². The molecule has 1 aromatic carbocycles. The molecule has 0 amide bonds. The van der Waals surface area contributed by atoms with E-state index in [0.717, 1.165) is 29.8 Å². The monoisotopic (exact) mass is 237 g/mol. The highest BCUT2D eigenvalue weighted by Crippen LogP contribution is 2.26. The molecule has 0 saturated heterocycles. The second-order valence-electron chi connectivity index (χ2n) is 4.72. The van der Waals surface area contributed by atoms with Crippen molar-refractivity contribution in [3.05, 3.63) is 29.3 Å². The van der Waals surface area contributed by atoms with Crippen LogP contribution >= 0.6 is 0 Å². The average Bonchev–Trinajstić information content (AvgIpc) is 2.23. The Bertz CT molecular complexity index is 348. The van der Waals surface area contributed by atoms with Crippen molar-refractivity contribution in [1.29, 1.82) is 0 Å². The molecule has 1 atom stereocenters. The van der Waals surface area contributed by atoms with Crippen LogP contribution in [0, 0.1) is 6.92 Å². The average molecular weight is 237 g/mol. The van der Waals surface area contributed by atoms with E-state index in [4.69, 9.17) is 4.74 Å². The van der Waals surface area contributed by atoms with Crippen molar-refractivity contribution >= 4 is 0 Å². The first kappa shape index (κ1) is 14.0. The minimum Gasteiger partial charge on any atom is -0.493 e. The summed E-state index contributed by atoms with van der Waals surface area (Å²) in [6.45, 7) is 5.48. The summed E-state index contributed by atoms with van der Waals surface area (Å²) in [5.41, 5.74) is 2.01. The molecule has 0 aliphatic rings. The molecule has 1 rings (SSSR count). The molecule has 1 unspecified atom stereocenters. The molecule has 0 spiro atoms. The number of aryl methyl sites for hydroxylation is 1. The van der Waals surface area contributed by atoms with Crippen molar-refractivity contribution in [3.8, 4) is 5.75 Å². The molecule has 17 heavy (non-hydrogen) atoms. The van der Waals surface area contributed by atoms with Gasteiger partial charge in [0.1, 0.15) is 5.75 Å². The van der Waals surface area contributed by atoms with Gasteiger partial charge >= 0.3 is 0 Å². The highest BCUT2D eigenvalue weighted by Gasteiger charge is 2.09. The van der Waals surface area contributed by atoms with Gasteiger partial charge in [-0.15, -0.1) is 0 Å². The Morgan fingerprint density at radius 3 is 2.65 bits per heavy atom. The molecule has 0 aromatic heterocycles. The van der Waals surface area contributed by atoms with Crippen molar-refractivity contribution in [2.24, 2.45) is 0 Å². The van der Waals surface area contributed by atoms with E-state index in [-0.39, 0.29) is 0 Å². The van der Waals surface area contributed by atoms with E-state index in [1.54, 1.807) is 6.92 Å². The molecule has 0 radical (unpaired) electrons. The van der Waals surface area contributed by atoms with Crippen LogP contribution in [-0.4, -0.2) is 37.3 Å². The Morgan fingerprint density at radius 2 is 2.06 bits per heavy atom. The number of aliphatic hydroxyl groups excluding tert-OH is 1. The van der Waals surface area contributed by atoms with Gasteiger partial charge in [0.2, 0.25) is 0 Å². The SMILES string of the molecule is Cc1ccc(C(C)O)c(OCCCN(C)C)c1. The molecule has 0 saturated carbocycles. The van der Waals surface area contributed by atoms with Crippen LogP contribution in [0.1, 0.15) is 30.6 Å². The summed E-state index contributed by atoms with van der Waals surface area (Å²) in [5.74, 6) is 0.804. The second-order valence-corrected chi connectivity index (χ2v) is 4.72. The summed E-state index contributed by atoms with van der Waals surface area (Å²) in [6, 6.07) is 5.91. The number of hydrogen-bond donors (Lipinski definition) is 1. The van der Waals surface area contributed by atoms with Crippen LogP contribution in [0.2, 0.25) is 0 Å². The standard InChI is InChI=1S/C14H23NO2/c1-11-6-7-13(12(2)16)14(10-11)17-9-5-8-15(3)4/h6-7,10,12,16H,5,8-9H2,1-4H3. The number of hydrogen-bond acceptors (Lipinski definition) is 3. The van der Waals surface area contributed by atoms with Crippen LogP contribution in [0.5, 0.6) is 5.75 Å². The van der Waals surface area contributed by atoms with Crippen molar-refractivity contribution < 1.29 is 9.84 Å². The molecule has 96 valence electrons. The van der Waals surface area contributed by atoms with Crippen LogP contribution in [0.15, 0.2) is 18.2 Å². The van der Waals surface area contributed by atoms with Crippen LogP contribution in [0.4, 0.5) is 0 Å². The van der Waals surface area contributed by atoms with Gasteiger partial charge in [0.15, 0.2) is 0 Å². The molecule has 1 N–H and O–H groups in total. The lowest BCUT2D eigenvalue weighted by atomic mass is 10.1. The van der Waals surface area contributed by atoms with Gasteiger partial charge in [-0.3, -0.25) is 0 Å². The van der Waals surface area contributed by atoms with Gasteiger partial charge in [0.05, 0.1) is 12.7 Å². The first-order chi connectivity index (χ1) is 8.00. The topological polar surface area (TPSA) is 32.7 Å². The van der Waals surface area contributed by atoms with E-state index in [1.165, 1.54) is 0 Å². The second kappa shape index (κ2) is 6.62. The van der Waals surface area contributed by atoms with Crippen LogP contribution in [0.3, 0.4) is 0 Å². The third-order valence-corrected chi connectivity index (χ3v) is 2.63. The zero-order valence-corrected chi connectivity index (χ0v) is 11.2. The fourth-order valence-electron chi connectivity index (χ4n) is 1.67. The Morgan fingerprint density at radius 1 is 1.35 bits per heavy atom. The molecule has 1 aromatic rings. The van der Waals surface area contributed by atoms with Crippen LogP contribution in [0.25, 0.3) is 0 Å². The fourth-order valence-corrected chi connectivity index (χ4v) is 1.67. The zero-order chi connectivity index (χ0) is 12.8. The highest BCUT2D eigenvalue weighted by molar-refractivity contribution is 5.38. The van der Waals surface area contributed by atoms with E-state index < -0.39 is 6.10 Å². The van der Waals surface area contributed by atoms with Gasteiger partial charge in [-0.1, -0.05) is 12.1 Å². The van der Waals surface area contributed by atoms with E-state index in [1.807, 2.05) is 39.2 Å². The first-order valence-corrected chi connectivity index (χ1v) is 6.07. The summed E-state index contributed by atoms with van der Waals surface area (Å²) < 4.78 is 5.74. The molecule has 0 bridgehead atoms. The summed E-state index contributed by atoms with van der Waals surface area (Å²) in [6.07, 6.45) is 0.500. The first-order valence-electron chi connectivity index (χ1n) is 6.07. The number of rotatable bonds is 6. The Labute approximate surface area is 104 Å². The molecule has 0 aliphatic carbocycles. The van der Waals surface area contributed by atoms with Gasteiger partial charge in [0, 0.05) is 12.1 Å². The van der Waals surface area contributed by atoms with Gasteiger partial charge in [-0.05, 0) is 46.0 Å². The Kier molecular flexibility index (Phi) is 5.45. The van der Waals surface area contributed by atoms with Crippen molar-refractivity contribution in [3.63, 3.8) is 0 Å². The number of aliphatic hydroxyl groups is 1. The highest BCUT2D eigenvalue weighted by atomic mass is 16.5. The maximum absolute atomic E-state index is 9.65. The van der Waals surface area contributed by atoms with E-state index in [2.05, 4.69) is 4.90 Å².